The Bertz CT molecular complexity index is 991. The third kappa shape index (κ3) is 6.18. The first-order valence-corrected chi connectivity index (χ1v) is 10.7. The van der Waals surface area contributed by atoms with E-state index in [1.54, 1.807) is 50.2 Å². The van der Waals surface area contributed by atoms with Gasteiger partial charge < -0.3 is 15.9 Å². The Morgan fingerprint density at radius 1 is 1.17 bits per heavy atom. The van der Waals surface area contributed by atoms with Crippen LogP contribution in [0.25, 0.3) is 0 Å². The quantitative estimate of drug-likeness (QED) is 0.355. The fourth-order valence-electron chi connectivity index (χ4n) is 2.50. The van der Waals surface area contributed by atoms with Crippen LogP contribution in [-0.2, 0) is 19.7 Å². The van der Waals surface area contributed by atoms with Crippen LogP contribution in [0.1, 0.15) is 19.4 Å². The molecule has 0 fully saturated rings. The van der Waals surface area contributed by atoms with E-state index in [-0.39, 0.29) is 10.7 Å². The molecular weight excluding hydrogens is 416 g/mol. The van der Waals surface area contributed by atoms with Crippen molar-refractivity contribution in [2.75, 3.05) is 25.0 Å². The molecule has 3 N–H and O–H groups in total. The lowest BCUT2D eigenvalue weighted by atomic mass is 10.2. The predicted molar refractivity (Wildman–Crippen MR) is 113 cm³/mol. The Morgan fingerprint density at radius 3 is 2.52 bits per heavy atom. The molecule has 0 aromatic heterocycles. The summed E-state index contributed by atoms with van der Waals surface area (Å²) in [6.07, 6.45) is 0. The summed E-state index contributed by atoms with van der Waals surface area (Å²) < 4.78 is 26.5. The molecule has 8 nitrogen and oxygen atoms in total. The molecule has 2 aromatic rings. The van der Waals surface area contributed by atoms with Gasteiger partial charge in [0.25, 0.3) is 5.91 Å². The summed E-state index contributed by atoms with van der Waals surface area (Å²) in [5.41, 5.74) is 6.68. The van der Waals surface area contributed by atoms with E-state index < -0.39 is 22.5 Å². The standard InChI is InChI=1S/C19H23ClN4O4S/c1-3-24(4-2)29(26,27)17-10-6-9-16(12-17)22-18(25)13-28-23-19(21)14-7-5-8-15(20)11-14/h5-12H,3-4,13H2,1-2H3,(H2,21,23)(H,22,25). The zero-order chi connectivity index (χ0) is 21.4. The molecule has 29 heavy (non-hydrogen) atoms. The second kappa shape index (κ2) is 10.2. The molecule has 10 heteroatoms. The van der Waals surface area contributed by atoms with Crippen molar-refractivity contribution in [1.82, 2.24) is 4.31 Å². The zero-order valence-corrected chi connectivity index (χ0v) is 17.7. The zero-order valence-electron chi connectivity index (χ0n) is 16.1. The van der Waals surface area contributed by atoms with Gasteiger partial charge in [-0.1, -0.05) is 48.8 Å². The number of amidine groups is 1. The maximum Gasteiger partial charge on any atom is 0.265 e. The summed E-state index contributed by atoms with van der Waals surface area (Å²) >= 11 is 5.89. The van der Waals surface area contributed by atoms with Crippen molar-refractivity contribution in [2.45, 2.75) is 18.7 Å². The first-order valence-electron chi connectivity index (χ1n) is 8.89. The van der Waals surface area contributed by atoms with Gasteiger partial charge in [-0.3, -0.25) is 4.79 Å². The van der Waals surface area contributed by atoms with Gasteiger partial charge in [0.05, 0.1) is 4.90 Å². The molecule has 0 atom stereocenters. The van der Waals surface area contributed by atoms with Crippen molar-refractivity contribution >= 4 is 39.1 Å². The molecule has 0 bridgehead atoms. The van der Waals surface area contributed by atoms with Crippen molar-refractivity contribution in [3.8, 4) is 0 Å². The molecule has 0 aliphatic carbocycles. The van der Waals surface area contributed by atoms with Crippen LogP contribution < -0.4 is 11.1 Å². The molecule has 2 rings (SSSR count). The summed E-state index contributed by atoms with van der Waals surface area (Å²) in [6, 6.07) is 12.8. The van der Waals surface area contributed by atoms with Crippen molar-refractivity contribution in [1.29, 1.82) is 0 Å². The van der Waals surface area contributed by atoms with Gasteiger partial charge in [0.15, 0.2) is 12.4 Å². The lowest BCUT2D eigenvalue weighted by Crippen LogP contribution is -2.30. The third-order valence-electron chi connectivity index (χ3n) is 3.94. The van der Waals surface area contributed by atoms with Gasteiger partial charge in [-0.05, 0) is 30.3 Å². The van der Waals surface area contributed by atoms with E-state index in [0.29, 0.717) is 29.4 Å². The molecule has 0 radical (unpaired) electrons. The highest BCUT2D eigenvalue weighted by Crippen LogP contribution is 2.19. The fraction of sp³-hybridized carbons (Fsp3) is 0.263. The second-order valence-electron chi connectivity index (χ2n) is 5.93. The molecule has 0 aliphatic heterocycles. The number of amides is 1. The monoisotopic (exact) mass is 438 g/mol. The molecule has 2 aromatic carbocycles. The molecule has 0 spiro atoms. The van der Waals surface area contributed by atoms with E-state index in [2.05, 4.69) is 10.5 Å². The number of nitrogens with zero attached hydrogens (tertiary/aromatic N) is 2. The second-order valence-corrected chi connectivity index (χ2v) is 8.30. The van der Waals surface area contributed by atoms with Crippen molar-refractivity contribution in [2.24, 2.45) is 10.9 Å². The molecule has 0 aliphatic rings. The lowest BCUT2D eigenvalue weighted by Gasteiger charge is -2.18. The number of hydrogen-bond acceptors (Lipinski definition) is 5. The first kappa shape index (κ1) is 22.7. The van der Waals surface area contributed by atoms with Crippen LogP contribution in [0.2, 0.25) is 5.02 Å². The van der Waals surface area contributed by atoms with Gasteiger partial charge >= 0.3 is 0 Å². The Balaban J connectivity index is 2.00. The van der Waals surface area contributed by atoms with Crippen LogP contribution in [0.15, 0.2) is 58.6 Å². The number of nitrogens with one attached hydrogen (secondary N) is 1. The summed E-state index contributed by atoms with van der Waals surface area (Å²) in [7, 11) is -3.62. The van der Waals surface area contributed by atoms with Gasteiger partial charge in [-0.2, -0.15) is 4.31 Å². The average Bonchev–Trinajstić information content (AvgIpc) is 2.69. The number of benzene rings is 2. The topological polar surface area (TPSA) is 114 Å². The normalized spacial score (nSPS) is 12.1. The van der Waals surface area contributed by atoms with Crippen molar-refractivity contribution < 1.29 is 18.0 Å². The highest BCUT2D eigenvalue weighted by Gasteiger charge is 2.21. The van der Waals surface area contributed by atoms with E-state index in [4.69, 9.17) is 22.2 Å². The number of oxime groups is 1. The summed E-state index contributed by atoms with van der Waals surface area (Å²) in [6.45, 7) is 3.85. The van der Waals surface area contributed by atoms with Crippen LogP contribution in [0.5, 0.6) is 0 Å². The predicted octanol–water partition coefficient (Wildman–Crippen LogP) is 2.65. The molecule has 0 saturated heterocycles. The van der Waals surface area contributed by atoms with E-state index in [1.807, 2.05) is 0 Å². The van der Waals surface area contributed by atoms with E-state index in [9.17, 15) is 13.2 Å². The summed E-state index contributed by atoms with van der Waals surface area (Å²) in [4.78, 5) is 17.1. The summed E-state index contributed by atoms with van der Waals surface area (Å²) in [5.74, 6) is -0.433. The minimum absolute atomic E-state index is 0.0765. The summed E-state index contributed by atoms with van der Waals surface area (Å²) in [5, 5.41) is 6.76. The van der Waals surface area contributed by atoms with Gasteiger partial charge in [-0.15, -0.1) is 0 Å². The van der Waals surface area contributed by atoms with Crippen molar-refractivity contribution in [3.05, 3.63) is 59.1 Å². The van der Waals surface area contributed by atoms with Crippen LogP contribution in [0.4, 0.5) is 5.69 Å². The maximum absolute atomic E-state index is 12.6. The smallest absolute Gasteiger partial charge is 0.265 e. The van der Waals surface area contributed by atoms with Crippen LogP contribution in [0.3, 0.4) is 0 Å². The Labute approximate surface area is 175 Å². The molecule has 0 saturated carbocycles. The number of carbonyl (C=O) groups is 1. The molecule has 0 unspecified atom stereocenters. The van der Waals surface area contributed by atoms with Gasteiger partial charge in [0, 0.05) is 29.4 Å². The minimum Gasteiger partial charge on any atom is -0.384 e. The van der Waals surface area contributed by atoms with Crippen LogP contribution >= 0.6 is 11.6 Å². The SMILES string of the molecule is CCN(CC)S(=O)(=O)c1cccc(NC(=O)CO/N=C(/N)c2cccc(Cl)c2)c1. The first-order chi connectivity index (χ1) is 13.8. The molecule has 0 heterocycles. The highest BCUT2D eigenvalue weighted by atomic mass is 35.5. The van der Waals surface area contributed by atoms with E-state index in [0.717, 1.165) is 0 Å². The number of sulfonamides is 1. The minimum atomic E-state index is -3.62. The number of carbonyl (C=O) groups excluding carboxylic acids is 1. The highest BCUT2D eigenvalue weighted by molar-refractivity contribution is 7.89. The third-order valence-corrected chi connectivity index (χ3v) is 6.22. The van der Waals surface area contributed by atoms with E-state index >= 15 is 0 Å². The lowest BCUT2D eigenvalue weighted by molar-refractivity contribution is -0.120. The van der Waals surface area contributed by atoms with Crippen LogP contribution in [-0.4, -0.2) is 44.2 Å². The Morgan fingerprint density at radius 2 is 1.86 bits per heavy atom. The number of rotatable bonds is 9. The fourth-order valence-corrected chi connectivity index (χ4v) is 4.20. The van der Waals surface area contributed by atoms with Crippen LogP contribution in [0, 0.1) is 0 Å². The Kier molecular flexibility index (Phi) is 8.00. The van der Waals surface area contributed by atoms with Gasteiger partial charge in [0.2, 0.25) is 10.0 Å². The average molecular weight is 439 g/mol. The number of nitrogens with two attached hydrogens (primary N) is 1. The molecular formula is C19H23ClN4O4S. The van der Waals surface area contributed by atoms with Crippen molar-refractivity contribution in [3.63, 3.8) is 0 Å². The number of anilines is 1. The van der Waals surface area contributed by atoms with E-state index in [1.165, 1.54) is 16.4 Å². The molecule has 1 amide bonds. The van der Waals surface area contributed by atoms with Gasteiger partial charge in [-0.25, -0.2) is 8.42 Å². The molecule has 156 valence electrons. The largest absolute Gasteiger partial charge is 0.384 e. The maximum atomic E-state index is 12.6. The number of hydrogen-bond donors (Lipinski definition) is 2. The van der Waals surface area contributed by atoms with Gasteiger partial charge in [0.1, 0.15) is 0 Å². The Hall–Kier alpha value is -2.62. The number of halogens is 1.